The van der Waals surface area contributed by atoms with Gasteiger partial charge in [0.1, 0.15) is 5.82 Å². The standard InChI is InChI=1S/C10H9ClN2/c11-8-3-1-2-7(6-8)9-4-5-10(12)13-9/h1-6,13H,12H2. The quantitative estimate of drug-likeness (QED) is 0.717. The molecule has 13 heavy (non-hydrogen) atoms. The minimum absolute atomic E-state index is 0.662. The molecule has 3 heteroatoms. The summed E-state index contributed by atoms with van der Waals surface area (Å²) in [5.74, 6) is 0.662. The predicted octanol–water partition coefficient (Wildman–Crippen LogP) is 2.92. The molecule has 1 aromatic heterocycles. The minimum atomic E-state index is 0.662. The second kappa shape index (κ2) is 3.15. The highest BCUT2D eigenvalue weighted by Gasteiger charge is 1.99. The van der Waals surface area contributed by atoms with E-state index in [0.717, 1.165) is 16.3 Å². The Kier molecular flexibility index (Phi) is 1.99. The summed E-state index contributed by atoms with van der Waals surface area (Å²) in [5.41, 5.74) is 7.60. The van der Waals surface area contributed by atoms with Crippen LogP contribution in [0.1, 0.15) is 0 Å². The van der Waals surface area contributed by atoms with Gasteiger partial charge in [0.2, 0.25) is 0 Å². The second-order valence-corrected chi connectivity index (χ2v) is 3.27. The number of H-pyrrole nitrogens is 1. The highest BCUT2D eigenvalue weighted by Crippen LogP contribution is 2.22. The van der Waals surface area contributed by atoms with E-state index in [1.807, 2.05) is 36.4 Å². The third kappa shape index (κ3) is 1.68. The molecular formula is C10H9ClN2. The molecule has 0 fully saturated rings. The maximum atomic E-state index is 5.86. The van der Waals surface area contributed by atoms with E-state index in [1.165, 1.54) is 0 Å². The zero-order valence-corrected chi connectivity index (χ0v) is 7.68. The Balaban J connectivity index is 2.46. The highest BCUT2D eigenvalue weighted by atomic mass is 35.5. The summed E-state index contributed by atoms with van der Waals surface area (Å²) in [6.07, 6.45) is 0. The molecule has 0 atom stereocenters. The Labute approximate surface area is 81.3 Å². The maximum absolute atomic E-state index is 5.86. The molecule has 0 bridgehead atoms. The predicted molar refractivity (Wildman–Crippen MR) is 55.7 cm³/mol. The van der Waals surface area contributed by atoms with Crippen molar-refractivity contribution in [3.05, 3.63) is 41.4 Å². The average molecular weight is 193 g/mol. The van der Waals surface area contributed by atoms with E-state index < -0.39 is 0 Å². The number of rotatable bonds is 1. The molecule has 2 rings (SSSR count). The van der Waals surface area contributed by atoms with Gasteiger partial charge in [-0.05, 0) is 29.8 Å². The lowest BCUT2D eigenvalue weighted by Crippen LogP contribution is -1.83. The number of nitrogens with two attached hydrogens (primary N) is 1. The lowest BCUT2D eigenvalue weighted by Gasteiger charge is -1.97. The van der Waals surface area contributed by atoms with Gasteiger partial charge in [0, 0.05) is 10.7 Å². The van der Waals surface area contributed by atoms with Gasteiger partial charge in [-0.25, -0.2) is 0 Å². The molecule has 0 saturated heterocycles. The lowest BCUT2D eigenvalue weighted by molar-refractivity contribution is 1.40. The lowest BCUT2D eigenvalue weighted by atomic mass is 10.2. The van der Waals surface area contributed by atoms with Gasteiger partial charge in [0.15, 0.2) is 0 Å². The highest BCUT2D eigenvalue weighted by molar-refractivity contribution is 6.30. The van der Waals surface area contributed by atoms with Crippen LogP contribution in [-0.4, -0.2) is 4.98 Å². The van der Waals surface area contributed by atoms with E-state index in [2.05, 4.69) is 4.98 Å². The van der Waals surface area contributed by atoms with Gasteiger partial charge in [0.05, 0.1) is 0 Å². The fourth-order valence-corrected chi connectivity index (χ4v) is 1.43. The zero-order valence-electron chi connectivity index (χ0n) is 6.92. The second-order valence-electron chi connectivity index (χ2n) is 2.84. The summed E-state index contributed by atoms with van der Waals surface area (Å²) in [5, 5.41) is 0.727. The van der Waals surface area contributed by atoms with Crippen LogP contribution in [0.4, 0.5) is 5.82 Å². The van der Waals surface area contributed by atoms with Crippen LogP contribution >= 0.6 is 11.6 Å². The number of benzene rings is 1. The molecule has 0 saturated carbocycles. The Morgan fingerprint density at radius 2 is 2.00 bits per heavy atom. The first-order valence-corrected chi connectivity index (χ1v) is 4.34. The Morgan fingerprint density at radius 1 is 1.15 bits per heavy atom. The normalized spacial score (nSPS) is 10.2. The van der Waals surface area contributed by atoms with Crippen LogP contribution in [0.3, 0.4) is 0 Å². The van der Waals surface area contributed by atoms with Gasteiger partial charge >= 0.3 is 0 Å². The van der Waals surface area contributed by atoms with E-state index in [4.69, 9.17) is 17.3 Å². The van der Waals surface area contributed by atoms with Crippen molar-refractivity contribution in [2.24, 2.45) is 0 Å². The largest absolute Gasteiger partial charge is 0.385 e. The summed E-state index contributed by atoms with van der Waals surface area (Å²) >= 11 is 5.86. The topological polar surface area (TPSA) is 41.8 Å². The van der Waals surface area contributed by atoms with Gasteiger partial charge in [-0.15, -0.1) is 0 Å². The first-order valence-electron chi connectivity index (χ1n) is 3.96. The molecule has 2 nitrogen and oxygen atoms in total. The third-order valence-corrected chi connectivity index (χ3v) is 2.08. The molecule has 66 valence electrons. The zero-order chi connectivity index (χ0) is 9.26. The summed E-state index contributed by atoms with van der Waals surface area (Å²) in [6, 6.07) is 11.4. The van der Waals surface area contributed by atoms with Crippen molar-refractivity contribution in [3.8, 4) is 11.3 Å². The number of hydrogen-bond donors (Lipinski definition) is 2. The molecule has 1 heterocycles. The molecule has 0 aliphatic heterocycles. The molecule has 0 aliphatic carbocycles. The minimum Gasteiger partial charge on any atom is -0.385 e. The molecule has 3 N–H and O–H groups in total. The van der Waals surface area contributed by atoms with Gasteiger partial charge in [-0.3, -0.25) is 0 Å². The Morgan fingerprint density at radius 3 is 2.62 bits per heavy atom. The summed E-state index contributed by atoms with van der Waals surface area (Å²) in [7, 11) is 0. The van der Waals surface area contributed by atoms with E-state index in [9.17, 15) is 0 Å². The number of anilines is 1. The molecular weight excluding hydrogens is 184 g/mol. The van der Waals surface area contributed by atoms with Crippen molar-refractivity contribution < 1.29 is 0 Å². The fourth-order valence-electron chi connectivity index (χ4n) is 1.24. The fraction of sp³-hybridized carbons (Fsp3) is 0. The molecule has 0 aliphatic rings. The average Bonchev–Trinajstić information content (AvgIpc) is 2.52. The molecule has 2 aromatic rings. The van der Waals surface area contributed by atoms with E-state index in [1.54, 1.807) is 0 Å². The van der Waals surface area contributed by atoms with Crippen LogP contribution in [0.25, 0.3) is 11.3 Å². The van der Waals surface area contributed by atoms with Crippen LogP contribution < -0.4 is 5.73 Å². The Bertz CT molecular complexity index is 420. The first-order chi connectivity index (χ1) is 6.25. The number of nitrogens with one attached hydrogen (secondary N) is 1. The van der Waals surface area contributed by atoms with Gasteiger partial charge in [0.25, 0.3) is 0 Å². The number of aromatic amines is 1. The smallest absolute Gasteiger partial charge is 0.101 e. The molecule has 0 spiro atoms. The molecule has 0 unspecified atom stereocenters. The van der Waals surface area contributed by atoms with E-state index in [-0.39, 0.29) is 0 Å². The van der Waals surface area contributed by atoms with Crippen molar-refractivity contribution in [3.63, 3.8) is 0 Å². The van der Waals surface area contributed by atoms with Crippen LogP contribution in [-0.2, 0) is 0 Å². The first kappa shape index (κ1) is 8.20. The summed E-state index contributed by atoms with van der Waals surface area (Å²) in [6.45, 7) is 0. The monoisotopic (exact) mass is 192 g/mol. The van der Waals surface area contributed by atoms with Crippen LogP contribution in [0.2, 0.25) is 5.02 Å². The summed E-state index contributed by atoms with van der Waals surface area (Å²) in [4.78, 5) is 3.04. The van der Waals surface area contributed by atoms with Gasteiger partial charge < -0.3 is 10.7 Å². The van der Waals surface area contributed by atoms with Crippen LogP contribution in [0.15, 0.2) is 36.4 Å². The number of nitrogen functional groups attached to an aromatic ring is 1. The summed E-state index contributed by atoms with van der Waals surface area (Å²) < 4.78 is 0. The Hall–Kier alpha value is -1.41. The van der Waals surface area contributed by atoms with Crippen molar-refractivity contribution in [2.75, 3.05) is 5.73 Å². The third-order valence-electron chi connectivity index (χ3n) is 1.84. The van der Waals surface area contributed by atoms with Gasteiger partial charge in [-0.1, -0.05) is 23.7 Å². The van der Waals surface area contributed by atoms with Crippen molar-refractivity contribution in [1.82, 2.24) is 4.98 Å². The maximum Gasteiger partial charge on any atom is 0.101 e. The SMILES string of the molecule is Nc1ccc(-c2cccc(Cl)c2)[nH]1. The van der Waals surface area contributed by atoms with Crippen molar-refractivity contribution in [1.29, 1.82) is 0 Å². The number of hydrogen-bond acceptors (Lipinski definition) is 1. The number of aromatic nitrogens is 1. The molecule has 0 radical (unpaired) electrons. The van der Waals surface area contributed by atoms with Crippen LogP contribution in [0, 0.1) is 0 Å². The van der Waals surface area contributed by atoms with E-state index >= 15 is 0 Å². The molecule has 1 aromatic carbocycles. The van der Waals surface area contributed by atoms with Gasteiger partial charge in [-0.2, -0.15) is 0 Å². The number of halogens is 1. The van der Waals surface area contributed by atoms with Crippen LogP contribution in [0.5, 0.6) is 0 Å². The molecule has 0 amide bonds. The van der Waals surface area contributed by atoms with Crippen molar-refractivity contribution >= 4 is 17.4 Å². The van der Waals surface area contributed by atoms with Crippen molar-refractivity contribution in [2.45, 2.75) is 0 Å². The van der Waals surface area contributed by atoms with E-state index in [0.29, 0.717) is 5.82 Å².